The second-order valence-electron chi connectivity index (χ2n) is 21.4. The van der Waals surface area contributed by atoms with Crippen LogP contribution in [0.25, 0.3) is 11.3 Å². The molecule has 4 saturated heterocycles. The zero-order valence-corrected chi connectivity index (χ0v) is 53.5. The zero-order valence-electron chi connectivity index (χ0n) is 46.5. The maximum Gasteiger partial charge on any atom is 1.00 e. The van der Waals surface area contributed by atoms with Crippen LogP contribution >= 0.6 is 0 Å². The summed E-state index contributed by atoms with van der Waals surface area (Å²) >= 11 is -2.73. The minimum atomic E-state index is -2.73. The van der Waals surface area contributed by atoms with E-state index in [-0.39, 0.29) is 112 Å². The van der Waals surface area contributed by atoms with Gasteiger partial charge in [-0.2, -0.15) is 5.10 Å². The Labute approximate surface area is 512 Å². The molecule has 0 bridgehead atoms. The summed E-state index contributed by atoms with van der Waals surface area (Å²) in [4.78, 5) is 43.0. The second kappa shape index (κ2) is 31.0. The number of carbonyl (C=O) groups is 2. The summed E-state index contributed by atoms with van der Waals surface area (Å²) in [5, 5.41) is 24.4. The van der Waals surface area contributed by atoms with E-state index < -0.39 is 24.5 Å². The SMILES string of the molecule is C.C.CCC[CH2][Sn]([CH2]CCC)([CH2]CCC)[c]1ccc(F)c([C@H]2CCCN2c2ccn3ncc(NC(=O)N4CC[C@H](O)C4)c3n2)c1.Cc1ccc(F)c([C@H]2CCCN2c2ccn3ncc(NC(=O)N4CC[C@H](C)C4)c3n2)c1.[CH3-].[I-].[Na+]. The summed E-state index contributed by atoms with van der Waals surface area (Å²) < 4.78 is 39.2. The summed E-state index contributed by atoms with van der Waals surface area (Å²) in [6, 6.07) is 14.8. The van der Waals surface area contributed by atoms with Gasteiger partial charge >= 0.3 is 266 Å². The number of unbranched alkanes of at least 4 members (excludes halogenated alkanes) is 3. The van der Waals surface area contributed by atoms with Crippen molar-refractivity contribution in [3.8, 4) is 0 Å². The zero-order chi connectivity index (χ0) is 51.9. The molecule has 4 fully saturated rings. The van der Waals surface area contributed by atoms with Crippen LogP contribution in [0.5, 0.6) is 0 Å². The normalized spacial score (nSPS) is 18.7. The Morgan fingerprint density at radius 2 is 1.14 bits per heavy atom. The largest absolute Gasteiger partial charge is 1.00 e. The van der Waals surface area contributed by atoms with Crippen molar-refractivity contribution < 1.29 is 77.0 Å². The number of hydrogen-bond acceptors (Lipinski definition) is 9. The first-order valence-electron chi connectivity index (χ1n) is 27.5. The minimum absolute atomic E-state index is 0. The van der Waals surface area contributed by atoms with Crippen molar-refractivity contribution in [3.63, 3.8) is 0 Å². The van der Waals surface area contributed by atoms with E-state index in [4.69, 9.17) is 9.97 Å². The van der Waals surface area contributed by atoms with Gasteiger partial charge in [-0.15, -0.1) is 0 Å². The molecule has 79 heavy (non-hydrogen) atoms. The molecule has 10 rings (SSSR count). The van der Waals surface area contributed by atoms with Crippen molar-refractivity contribution >= 4 is 68.3 Å². The number of amides is 4. The Morgan fingerprint density at radius 3 is 1.59 bits per heavy atom. The number of urea groups is 2. The number of nitrogens with one attached hydrogen (secondary N) is 2. The van der Waals surface area contributed by atoms with Gasteiger partial charge in [0, 0.05) is 44.5 Å². The monoisotopic (exact) mass is 1320 g/mol. The van der Waals surface area contributed by atoms with Crippen LogP contribution in [-0.2, 0) is 0 Å². The third-order valence-electron chi connectivity index (χ3n) is 16.0. The van der Waals surface area contributed by atoms with Gasteiger partial charge in [-0.3, -0.25) is 0 Å². The Morgan fingerprint density at radius 1 is 0.671 bits per heavy atom. The number of aliphatic hydroxyl groups excluding tert-OH is 1. The van der Waals surface area contributed by atoms with Crippen molar-refractivity contribution in [2.45, 2.75) is 158 Å². The molecule has 4 amide bonds. The molecule has 2 aromatic carbocycles. The van der Waals surface area contributed by atoms with Crippen molar-refractivity contribution in [2.24, 2.45) is 5.92 Å². The number of β-amino-alcohol motifs (C(OH)–C–C–N with tert-alkyl or cyclic N) is 1. The van der Waals surface area contributed by atoms with Gasteiger partial charge in [-0.25, -0.2) is 18.7 Å². The first-order chi connectivity index (χ1) is 35.9. The van der Waals surface area contributed by atoms with Crippen LogP contribution in [0, 0.1) is 31.9 Å². The number of aryl methyl sites for hydroxylation is 1. The van der Waals surface area contributed by atoms with Gasteiger partial charge in [0.15, 0.2) is 5.65 Å². The molecule has 4 aliphatic rings. The molecular weight excluding hydrogens is 1230 g/mol. The molecular formula is C59H87F2IN12NaO3Sn-. The molecule has 0 unspecified atom stereocenters. The van der Waals surface area contributed by atoms with Crippen LogP contribution in [0.2, 0.25) is 13.3 Å². The van der Waals surface area contributed by atoms with Crippen LogP contribution < -0.4 is 77.5 Å². The molecule has 6 aromatic rings. The van der Waals surface area contributed by atoms with Crippen molar-refractivity contribution in [1.82, 2.24) is 39.0 Å². The van der Waals surface area contributed by atoms with Gasteiger partial charge in [0.2, 0.25) is 0 Å². The molecule has 8 heterocycles. The van der Waals surface area contributed by atoms with E-state index in [0.717, 1.165) is 81.0 Å². The molecule has 0 spiro atoms. The van der Waals surface area contributed by atoms with Crippen molar-refractivity contribution in [3.05, 3.63) is 109 Å². The first kappa shape index (κ1) is 67.7. The minimum Gasteiger partial charge on any atom is -1.00 e. The van der Waals surface area contributed by atoms with Crippen LogP contribution in [0.1, 0.15) is 148 Å². The number of aliphatic hydroxyl groups is 1. The molecule has 20 heteroatoms. The Kier molecular flexibility index (Phi) is 26.6. The summed E-state index contributed by atoms with van der Waals surface area (Å²) in [5.74, 6) is 1.76. The van der Waals surface area contributed by atoms with Crippen LogP contribution in [0.3, 0.4) is 0 Å². The summed E-state index contributed by atoms with van der Waals surface area (Å²) in [6.45, 7) is 15.0. The van der Waals surface area contributed by atoms with Gasteiger partial charge in [0.05, 0.1) is 18.3 Å². The third-order valence-corrected chi connectivity index (χ3v) is 31.6. The molecule has 3 N–H and O–H groups in total. The average Bonchev–Trinajstić information content (AvgIpc) is 4.36. The van der Waals surface area contributed by atoms with E-state index in [2.05, 4.69) is 70.5 Å². The number of benzene rings is 2. The number of hydrogen-bond donors (Lipinski definition) is 3. The number of halogens is 3. The van der Waals surface area contributed by atoms with E-state index in [1.54, 1.807) is 44.5 Å². The molecule has 15 nitrogen and oxygen atoms in total. The number of likely N-dealkylation sites (tertiary alicyclic amines) is 2. The Balaban J connectivity index is 0.000000334. The summed E-state index contributed by atoms with van der Waals surface area (Å²) in [7, 11) is 0. The molecule has 0 saturated carbocycles. The van der Waals surface area contributed by atoms with Gasteiger partial charge in [-0.1, -0.05) is 39.5 Å². The van der Waals surface area contributed by atoms with E-state index >= 15 is 4.39 Å². The number of fused-ring (bicyclic) bond motifs is 2. The van der Waals surface area contributed by atoms with Gasteiger partial charge < -0.3 is 51.6 Å². The van der Waals surface area contributed by atoms with E-state index in [1.807, 2.05) is 42.4 Å². The van der Waals surface area contributed by atoms with E-state index in [1.165, 1.54) is 55.4 Å². The number of aromatic nitrogens is 6. The van der Waals surface area contributed by atoms with Crippen LogP contribution in [0.4, 0.5) is 41.4 Å². The fourth-order valence-corrected chi connectivity index (χ4v) is 27.8. The van der Waals surface area contributed by atoms with E-state index in [0.29, 0.717) is 53.7 Å². The molecule has 4 atom stereocenters. The quantitative estimate of drug-likeness (QED) is 0.0530. The van der Waals surface area contributed by atoms with Crippen molar-refractivity contribution in [2.75, 3.05) is 59.7 Å². The standard InChI is InChI=1S/C23H27FN6O.C21H22FN6O2.3C4H9.2CH4.CH3.HI.Na.Sn/c1-15-5-6-18(24)17(12-15)20-4-3-9-29(20)21-8-11-30-22(27-21)19(13-25-30)26-23(31)28-10-7-16(2)14-28;22-16-5-2-1-4-15(16)18-6-3-9-27(18)19-8-11-28-20(25-19)17(12-23-28)24-21(30)26-10-7-14(29)13-26;3*1-3-4-2;;;;;;/h5-6,8,11-13,16,20H,3-4,7,9-10,14H2,1-2H3,(H,26,31);2,4-5,8,11-12,14,18,29H,3,6-7,9-10,13H2,(H,24,30);3*1,3-4H2,2H3;2*1H4;1H3;1H;;/q;;;;;;;-1;;+1;/p-1/t16-,20+;14-,18+;;;;;;;;;/m00........./s1. The number of anilines is 4. The molecule has 0 aliphatic carbocycles. The Hall–Kier alpha value is -3.83. The van der Waals surface area contributed by atoms with Gasteiger partial charge in [-0.05, 0) is 50.7 Å². The first-order valence-corrected chi connectivity index (χ1v) is 34.9. The van der Waals surface area contributed by atoms with E-state index in [9.17, 15) is 19.1 Å². The Bertz CT molecular complexity index is 2890. The number of carbonyl (C=O) groups excluding carboxylic acids is 2. The fourth-order valence-electron chi connectivity index (χ4n) is 11.8. The molecule has 4 aromatic heterocycles. The van der Waals surface area contributed by atoms with Gasteiger partial charge in [0.1, 0.15) is 17.3 Å². The maximum absolute atomic E-state index is 15.7. The predicted octanol–water partition coefficient (Wildman–Crippen LogP) is 6.99. The number of nitrogens with zero attached hydrogens (tertiary/aromatic N) is 10. The third kappa shape index (κ3) is 15.6. The van der Waals surface area contributed by atoms with Crippen LogP contribution in [0.15, 0.2) is 73.3 Å². The smallest absolute Gasteiger partial charge is 1.00 e. The maximum atomic E-state index is 15.7. The fraction of sp³-hybridized carbons (Fsp3) is 0.542. The second-order valence-corrected chi connectivity index (χ2v) is 34.6. The van der Waals surface area contributed by atoms with Crippen LogP contribution in [-0.4, -0.2) is 120 Å². The topological polar surface area (TPSA) is 152 Å². The van der Waals surface area contributed by atoms with Gasteiger partial charge in [0.25, 0.3) is 0 Å². The molecule has 4 aliphatic heterocycles. The molecule has 428 valence electrons. The summed E-state index contributed by atoms with van der Waals surface area (Å²) in [6.07, 6.45) is 19.2. The summed E-state index contributed by atoms with van der Waals surface area (Å²) in [5.41, 5.74) is 4.83. The predicted molar refractivity (Wildman–Crippen MR) is 312 cm³/mol. The number of rotatable bonds is 16. The van der Waals surface area contributed by atoms with Crippen molar-refractivity contribution in [1.29, 1.82) is 0 Å². The average molecular weight is 1320 g/mol. The molecule has 0 radical (unpaired) electrons.